The first-order chi connectivity index (χ1) is 10.3. The van der Waals surface area contributed by atoms with Crippen molar-refractivity contribution in [2.75, 3.05) is 0 Å². The Labute approximate surface area is 128 Å². The minimum absolute atomic E-state index is 0.0433. The number of aromatic nitrogens is 1. The van der Waals surface area contributed by atoms with Crippen molar-refractivity contribution in [2.24, 2.45) is 0 Å². The summed E-state index contributed by atoms with van der Waals surface area (Å²) in [4.78, 5) is 14.2. The summed E-state index contributed by atoms with van der Waals surface area (Å²) in [7, 11) is 0. The van der Waals surface area contributed by atoms with Crippen molar-refractivity contribution in [1.29, 1.82) is 0 Å². The molecule has 21 heavy (non-hydrogen) atoms. The summed E-state index contributed by atoms with van der Waals surface area (Å²) >= 11 is 5.99. The minimum Gasteiger partial charge on any atom is -0.328 e. The van der Waals surface area contributed by atoms with Gasteiger partial charge in [0.05, 0.1) is 0 Å². The lowest BCUT2D eigenvalue weighted by Crippen LogP contribution is -2.10. The van der Waals surface area contributed by atoms with E-state index in [4.69, 9.17) is 11.6 Å². The third kappa shape index (κ3) is 2.91. The van der Waals surface area contributed by atoms with Crippen molar-refractivity contribution >= 4 is 11.6 Å². The molecule has 2 nitrogen and oxygen atoms in total. The highest BCUT2D eigenvalue weighted by atomic mass is 35.5. The Morgan fingerprint density at radius 2 is 1.33 bits per heavy atom. The van der Waals surface area contributed by atoms with Crippen LogP contribution >= 0.6 is 11.6 Å². The van der Waals surface area contributed by atoms with E-state index < -0.39 is 0 Å². The maximum Gasteiger partial charge on any atom is 0.266 e. The molecule has 104 valence electrons. The molecular weight excluding hydrogens is 282 g/mol. The van der Waals surface area contributed by atoms with Gasteiger partial charge in [0.25, 0.3) is 5.56 Å². The van der Waals surface area contributed by atoms with Gasteiger partial charge in [0, 0.05) is 12.1 Å². The van der Waals surface area contributed by atoms with E-state index in [-0.39, 0.29) is 16.5 Å². The lowest BCUT2D eigenvalue weighted by Gasteiger charge is -2.18. The number of aromatic amines is 1. The second-order valence-corrected chi connectivity index (χ2v) is 5.27. The summed E-state index contributed by atoms with van der Waals surface area (Å²) in [5.41, 5.74) is 3.02. The van der Waals surface area contributed by atoms with Gasteiger partial charge in [-0.1, -0.05) is 72.3 Å². The summed E-state index contributed by atoms with van der Waals surface area (Å²) in [5, 5.41) is 0.212. The molecule has 2 aromatic carbocycles. The maximum atomic E-state index is 11.5. The Morgan fingerprint density at radius 3 is 1.81 bits per heavy atom. The standard InChI is InChI=1S/C18H14ClNO/c19-16-11-15(12-20-18(16)21)17(13-7-3-1-4-8-13)14-9-5-2-6-10-14/h1-12,17H,(H,20,21). The Kier molecular flexibility index (Phi) is 3.89. The fourth-order valence-corrected chi connectivity index (χ4v) is 2.69. The molecule has 1 heterocycles. The van der Waals surface area contributed by atoms with Crippen LogP contribution in [-0.2, 0) is 0 Å². The van der Waals surface area contributed by atoms with Gasteiger partial charge in [0.2, 0.25) is 0 Å². The molecule has 0 fully saturated rings. The normalized spacial score (nSPS) is 10.8. The van der Waals surface area contributed by atoms with Crippen LogP contribution < -0.4 is 5.56 Å². The average Bonchev–Trinajstić information content (AvgIpc) is 2.53. The third-order valence-corrected chi connectivity index (χ3v) is 3.76. The molecule has 3 rings (SSSR count). The molecular formula is C18H14ClNO. The number of benzene rings is 2. The lowest BCUT2D eigenvalue weighted by atomic mass is 9.86. The summed E-state index contributed by atoms with van der Waals surface area (Å²) in [6.45, 7) is 0. The molecule has 0 saturated heterocycles. The lowest BCUT2D eigenvalue weighted by molar-refractivity contribution is 0.958. The quantitative estimate of drug-likeness (QED) is 0.771. The van der Waals surface area contributed by atoms with Gasteiger partial charge in [-0.15, -0.1) is 0 Å². The van der Waals surface area contributed by atoms with Crippen LogP contribution in [0.25, 0.3) is 0 Å². The molecule has 0 radical (unpaired) electrons. The molecule has 0 bridgehead atoms. The fourth-order valence-electron chi connectivity index (χ4n) is 2.51. The monoisotopic (exact) mass is 295 g/mol. The fraction of sp³-hybridized carbons (Fsp3) is 0.0556. The number of H-pyrrole nitrogens is 1. The van der Waals surface area contributed by atoms with Crippen LogP contribution in [0.5, 0.6) is 0 Å². The van der Waals surface area contributed by atoms with E-state index in [1.807, 2.05) is 36.4 Å². The molecule has 1 aromatic heterocycles. The predicted octanol–water partition coefficient (Wildman–Crippen LogP) is 4.21. The number of hydrogen-bond acceptors (Lipinski definition) is 1. The molecule has 3 aromatic rings. The van der Waals surface area contributed by atoms with Crippen molar-refractivity contribution in [2.45, 2.75) is 5.92 Å². The first-order valence-corrected chi connectivity index (χ1v) is 7.11. The molecule has 0 atom stereocenters. The number of halogens is 1. The van der Waals surface area contributed by atoms with Crippen LogP contribution in [0.15, 0.2) is 77.7 Å². The number of hydrogen-bond donors (Lipinski definition) is 1. The molecule has 0 aliphatic heterocycles. The van der Waals surface area contributed by atoms with Crippen molar-refractivity contribution in [1.82, 2.24) is 4.98 Å². The Hall–Kier alpha value is -2.32. The van der Waals surface area contributed by atoms with E-state index >= 15 is 0 Å². The minimum atomic E-state index is -0.264. The summed E-state index contributed by atoms with van der Waals surface area (Å²) in [6, 6.07) is 22.1. The molecule has 0 saturated carbocycles. The molecule has 0 amide bonds. The van der Waals surface area contributed by atoms with E-state index in [2.05, 4.69) is 29.2 Å². The largest absolute Gasteiger partial charge is 0.328 e. The van der Waals surface area contributed by atoms with Crippen LogP contribution in [0.1, 0.15) is 22.6 Å². The van der Waals surface area contributed by atoms with Gasteiger partial charge in [-0.05, 0) is 22.8 Å². The third-order valence-electron chi connectivity index (χ3n) is 3.48. The summed E-state index contributed by atoms with van der Waals surface area (Å²) in [5.74, 6) is 0.0433. The number of rotatable bonds is 3. The van der Waals surface area contributed by atoms with E-state index in [0.717, 1.165) is 16.7 Å². The first kappa shape index (κ1) is 13.7. The highest BCUT2D eigenvalue weighted by Crippen LogP contribution is 2.31. The van der Waals surface area contributed by atoms with Gasteiger partial charge in [0.15, 0.2) is 0 Å². The first-order valence-electron chi connectivity index (χ1n) is 6.74. The maximum absolute atomic E-state index is 11.5. The van der Waals surface area contributed by atoms with Gasteiger partial charge >= 0.3 is 0 Å². The predicted molar refractivity (Wildman–Crippen MR) is 85.9 cm³/mol. The highest BCUT2D eigenvalue weighted by Gasteiger charge is 2.17. The van der Waals surface area contributed by atoms with Gasteiger partial charge in [-0.3, -0.25) is 4.79 Å². The zero-order valence-electron chi connectivity index (χ0n) is 11.3. The van der Waals surface area contributed by atoms with Crippen LogP contribution in [0.4, 0.5) is 0 Å². The molecule has 0 aliphatic carbocycles. The Morgan fingerprint density at radius 1 is 0.810 bits per heavy atom. The number of nitrogens with one attached hydrogen (secondary N) is 1. The molecule has 1 N–H and O–H groups in total. The van der Waals surface area contributed by atoms with Gasteiger partial charge < -0.3 is 4.98 Å². The second-order valence-electron chi connectivity index (χ2n) is 4.86. The van der Waals surface area contributed by atoms with Crippen molar-refractivity contribution in [3.05, 3.63) is 105 Å². The summed E-state index contributed by atoms with van der Waals surface area (Å²) < 4.78 is 0. The zero-order valence-corrected chi connectivity index (χ0v) is 12.0. The second kappa shape index (κ2) is 5.98. The van der Waals surface area contributed by atoms with E-state index in [1.54, 1.807) is 12.3 Å². The van der Waals surface area contributed by atoms with Crippen molar-refractivity contribution in [3.63, 3.8) is 0 Å². The molecule has 3 heteroatoms. The Balaban J connectivity index is 2.17. The van der Waals surface area contributed by atoms with Gasteiger partial charge in [-0.2, -0.15) is 0 Å². The topological polar surface area (TPSA) is 32.9 Å². The van der Waals surface area contributed by atoms with Gasteiger partial charge in [0.1, 0.15) is 5.02 Å². The van der Waals surface area contributed by atoms with Crippen LogP contribution in [0.2, 0.25) is 5.02 Å². The molecule has 0 unspecified atom stereocenters. The molecule has 0 spiro atoms. The van der Waals surface area contributed by atoms with Crippen molar-refractivity contribution in [3.8, 4) is 0 Å². The molecule has 0 aliphatic rings. The van der Waals surface area contributed by atoms with Crippen molar-refractivity contribution < 1.29 is 0 Å². The average molecular weight is 296 g/mol. The van der Waals surface area contributed by atoms with Gasteiger partial charge in [-0.25, -0.2) is 0 Å². The van der Waals surface area contributed by atoms with Crippen LogP contribution in [0.3, 0.4) is 0 Å². The SMILES string of the molecule is O=c1[nH]cc(C(c2ccccc2)c2ccccc2)cc1Cl. The zero-order chi connectivity index (χ0) is 14.7. The summed E-state index contributed by atoms with van der Waals surface area (Å²) in [6.07, 6.45) is 1.74. The van der Waals surface area contributed by atoms with Crippen LogP contribution in [-0.4, -0.2) is 4.98 Å². The Bertz CT molecular complexity index is 742. The van der Waals surface area contributed by atoms with E-state index in [1.165, 1.54) is 0 Å². The van der Waals surface area contributed by atoms with E-state index in [0.29, 0.717) is 0 Å². The smallest absolute Gasteiger partial charge is 0.266 e. The highest BCUT2D eigenvalue weighted by molar-refractivity contribution is 6.30. The number of pyridine rings is 1. The van der Waals surface area contributed by atoms with Crippen LogP contribution in [0, 0.1) is 0 Å². The van der Waals surface area contributed by atoms with E-state index in [9.17, 15) is 4.79 Å².